The standard InChI is InChI=1S/C45H51FN12O4/c1-26-20-29(6-9-32(26)27(2)52-41(60)42-55-43(56-62-42)45(3,4)5)39-33-22-35(53-40(33)51-25-50-39)30-7-11-37(49-24-30)48-16-15-47-23-28-12-17-57(18-13-28)31-8-10-36(34(46)21-31)58-19-14-38(59)54-44(58)61/h6-11,20-22,24-25,27-28,47H,12-19,23H2,1-5H3,(H,48,49)(H,52,60)(H,50,51,53)(H,54,59,61)/t27-/m1/s1. The molecule has 322 valence electrons. The summed E-state index contributed by atoms with van der Waals surface area (Å²) in [6, 6.07) is 16.1. The number of carbonyl (C=O) groups excluding carboxylic acids is 3. The van der Waals surface area contributed by atoms with E-state index in [1.165, 1.54) is 11.0 Å². The number of benzene rings is 2. The molecule has 0 bridgehead atoms. The Balaban J connectivity index is 0.799. The number of amides is 4. The highest BCUT2D eigenvalue weighted by Crippen LogP contribution is 2.33. The fourth-order valence-corrected chi connectivity index (χ4v) is 7.93. The van der Waals surface area contributed by atoms with Gasteiger partial charge in [-0.2, -0.15) is 4.98 Å². The molecular weight excluding hydrogens is 792 g/mol. The molecule has 0 unspecified atom stereocenters. The third-order valence-corrected chi connectivity index (χ3v) is 11.4. The fourth-order valence-electron chi connectivity index (χ4n) is 7.93. The first-order valence-corrected chi connectivity index (χ1v) is 21.0. The number of anilines is 3. The fraction of sp³-hybridized carbons (Fsp3) is 0.378. The lowest BCUT2D eigenvalue weighted by Gasteiger charge is -2.34. The van der Waals surface area contributed by atoms with Crippen LogP contribution in [0.5, 0.6) is 0 Å². The Kier molecular flexibility index (Phi) is 12.0. The highest BCUT2D eigenvalue weighted by Gasteiger charge is 2.28. The number of hydrogen-bond acceptors (Lipinski definition) is 12. The number of piperidine rings is 1. The van der Waals surface area contributed by atoms with Gasteiger partial charge < -0.3 is 30.4 Å². The van der Waals surface area contributed by atoms with Crippen molar-refractivity contribution in [2.75, 3.05) is 54.4 Å². The van der Waals surface area contributed by atoms with Crippen molar-refractivity contribution < 1.29 is 23.3 Å². The molecule has 2 aliphatic heterocycles. The molecule has 6 heterocycles. The third-order valence-electron chi connectivity index (χ3n) is 11.4. The monoisotopic (exact) mass is 842 g/mol. The summed E-state index contributed by atoms with van der Waals surface area (Å²) >= 11 is 0. The number of nitrogens with zero attached hydrogens (tertiary/aromatic N) is 7. The van der Waals surface area contributed by atoms with Gasteiger partial charge in [0.05, 0.1) is 17.4 Å². The normalized spacial score (nSPS) is 15.5. The molecule has 2 saturated heterocycles. The van der Waals surface area contributed by atoms with Crippen LogP contribution in [-0.2, 0) is 10.2 Å². The van der Waals surface area contributed by atoms with Gasteiger partial charge in [0, 0.05) is 78.7 Å². The predicted octanol–water partition coefficient (Wildman–Crippen LogP) is 6.67. The number of aryl methyl sites for hydroxylation is 1. The maximum absolute atomic E-state index is 15.0. The van der Waals surface area contributed by atoms with Crippen LogP contribution in [0.15, 0.2) is 71.6 Å². The first-order chi connectivity index (χ1) is 29.8. The minimum Gasteiger partial charge on any atom is -0.371 e. The molecular formula is C45H51FN12O4. The summed E-state index contributed by atoms with van der Waals surface area (Å²) in [6.45, 7) is 14.0. The smallest absolute Gasteiger partial charge is 0.328 e. The van der Waals surface area contributed by atoms with Crippen molar-refractivity contribution in [2.45, 2.75) is 65.3 Å². The number of halogens is 1. The molecule has 0 saturated carbocycles. The number of urea groups is 1. The number of carbonyl (C=O) groups is 3. The number of pyridine rings is 1. The van der Waals surface area contributed by atoms with E-state index in [4.69, 9.17) is 4.52 Å². The summed E-state index contributed by atoms with van der Waals surface area (Å²) < 4.78 is 20.3. The van der Waals surface area contributed by atoms with Crippen molar-refractivity contribution >= 4 is 46.1 Å². The number of imide groups is 1. The molecule has 16 nitrogen and oxygen atoms in total. The maximum Gasteiger partial charge on any atom is 0.328 e. The summed E-state index contributed by atoms with van der Waals surface area (Å²) in [5.41, 5.74) is 6.83. The molecule has 4 aromatic heterocycles. The lowest BCUT2D eigenvalue weighted by Crippen LogP contribution is -2.49. The van der Waals surface area contributed by atoms with Gasteiger partial charge in [0.25, 0.3) is 0 Å². The van der Waals surface area contributed by atoms with Crippen molar-refractivity contribution in [3.05, 3.63) is 95.8 Å². The van der Waals surface area contributed by atoms with E-state index in [0.29, 0.717) is 23.9 Å². The van der Waals surface area contributed by atoms with Gasteiger partial charge in [-0.25, -0.2) is 24.1 Å². The van der Waals surface area contributed by atoms with Crippen molar-refractivity contribution in [3.8, 4) is 22.5 Å². The lowest BCUT2D eigenvalue weighted by atomic mass is 9.96. The minimum atomic E-state index is -0.593. The number of aromatic nitrogens is 6. The van der Waals surface area contributed by atoms with Crippen molar-refractivity contribution in [3.63, 3.8) is 0 Å². The predicted molar refractivity (Wildman–Crippen MR) is 234 cm³/mol. The molecule has 8 rings (SSSR count). The third kappa shape index (κ3) is 9.27. The Morgan fingerprint density at radius 1 is 0.984 bits per heavy atom. The van der Waals surface area contributed by atoms with Gasteiger partial charge in [0.2, 0.25) is 5.91 Å². The number of H-pyrrole nitrogens is 1. The van der Waals surface area contributed by atoms with Crippen LogP contribution in [0, 0.1) is 18.7 Å². The van der Waals surface area contributed by atoms with E-state index in [2.05, 4.69) is 62.3 Å². The molecule has 17 heteroatoms. The van der Waals surface area contributed by atoms with E-state index < -0.39 is 17.8 Å². The summed E-state index contributed by atoms with van der Waals surface area (Å²) in [6.07, 6.45) is 5.51. The molecule has 62 heavy (non-hydrogen) atoms. The number of aromatic amines is 1. The highest BCUT2D eigenvalue weighted by atomic mass is 19.1. The average molecular weight is 843 g/mol. The van der Waals surface area contributed by atoms with E-state index in [1.54, 1.807) is 12.4 Å². The molecule has 0 radical (unpaired) electrons. The average Bonchev–Trinajstić information content (AvgIpc) is 3.94. The molecule has 5 N–H and O–H groups in total. The Hall–Kier alpha value is -6.75. The molecule has 0 spiro atoms. The van der Waals surface area contributed by atoms with Crippen LogP contribution in [0.1, 0.15) is 80.6 Å². The molecule has 2 aromatic carbocycles. The van der Waals surface area contributed by atoms with Crippen molar-refractivity contribution in [1.29, 1.82) is 0 Å². The molecule has 0 aliphatic carbocycles. The Morgan fingerprint density at radius 2 is 1.79 bits per heavy atom. The number of hydrogen-bond donors (Lipinski definition) is 5. The van der Waals surface area contributed by atoms with Crippen LogP contribution in [0.4, 0.5) is 26.4 Å². The molecule has 2 aliphatic rings. The van der Waals surface area contributed by atoms with Crippen LogP contribution >= 0.6 is 0 Å². The van der Waals surface area contributed by atoms with E-state index in [0.717, 1.165) is 89.6 Å². The first-order valence-electron chi connectivity index (χ1n) is 21.0. The quantitative estimate of drug-likeness (QED) is 0.0776. The minimum absolute atomic E-state index is 0.0609. The molecule has 4 amide bonds. The van der Waals surface area contributed by atoms with Gasteiger partial charge in [-0.3, -0.25) is 19.8 Å². The summed E-state index contributed by atoms with van der Waals surface area (Å²) in [7, 11) is 0. The largest absolute Gasteiger partial charge is 0.371 e. The van der Waals surface area contributed by atoms with Gasteiger partial charge in [-0.1, -0.05) is 38.1 Å². The zero-order valence-electron chi connectivity index (χ0n) is 35.5. The second-order valence-electron chi connectivity index (χ2n) is 17.0. The summed E-state index contributed by atoms with van der Waals surface area (Å²) in [5.74, 6) is 0.466. The maximum atomic E-state index is 15.0. The lowest BCUT2D eigenvalue weighted by molar-refractivity contribution is -0.120. The zero-order chi connectivity index (χ0) is 43.5. The Morgan fingerprint density at radius 3 is 2.50 bits per heavy atom. The molecule has 6 aromatic rings. The van der Waals surface area contributed by atoms with Crippen LogP contribution in [0.25, 0.3) is 33.5 Å². The van der Waals surface area contributed by atoms with Gasteiger partial charge in [-0.15, -0.1) is 0 Å². The van der Waals surface area contributed by atoms with Gasteiger partial charge in [-0.05, 0) is 92.7 Å². The van der Waals surface area contributed by atoms with Crippen LogP contribution in [0.2, 0.25) is 0 Å². The molecule has 1 atom stereocenters. The van der Waals surface area contributed by atoms with Gasteiger partial charge in [0.15, 0.2) is 5.82 Å². The number of nitrogens with one attached hydrogen (secondary N) is 5. The van der Waals surface area contributed by atoms with E-state index in [-0.39, 0.29) is 41.9 Å². The van der Waals surface area contributed by atoms with Crippen LogP contribution in [0.3, 0.4) is 0 Å². The van der Waals surface area contributed by atoms with Crippen molar-refractivity contribution in [2.24, 2.45) is 5.92 Å². The second-order valence-corrected chi connectivity index (χ2v) is 17.0. The topological polar surface area (TPSA) is 199 Å². The van der Waals surface area contributed by atoms with Crippen molar-refractivity contribution in [1.82, 2.24) is 46.0 Å². The Labute approximate surface area is 358 Å². The second kappa shape index (κ2) is 17.7. The Bertz CT molecular complexity index is 2590. The SMILES string of the molecule is Cc1cc(-c2ncnc3[nH]c(-c4ccc(NCCNCC5CCN(c6ccc(N7CCC(=O)NC7=O)c(F)c6)CC5)nc4)cc23)ccc1[C@@H](C)NC(=O)c1nc(C(C)(C)C)no1. The van der Waals surface area contributed by atoms with E-state index >= 15 is 4.39 Å². The highest BCUT2D eigenvalue weighted by molar-refractivity contribution is 6.05. The zero-order valence-corrected chi connectivity index (χ0v) is 35.5. The van der Waals surface area contributed by atoms with Crippen LogP contribution in [-0.4, -0.2) is 87.2 Å². The van der Waals surface area contributed by atoms with E-state index in [9.17, 15) is 14.4 Å². The van der Waals surface area contributed by atoms with E-state index in [1.807, 2.05) is 77.2 Å². The summed E-state index contributed by atoms with van der Waals surface area (Å²) in [4.78, 5) is 61.5. The number of rotatable bonds is 13. The summed E-state index contributed by atoms with van der Waals surface area (Å²) in [5, 5.41) is 17.0. The first kappa shape index (κ1) is 42.0. The number of fused-ring (bicyclic) bond motifs is 1. The van der Waals surface area contributed by atoms with Gasteiger partial charge >= 0.3 is 17.8 Å². The van der Waals surface area contributed by atoms with Crippen LogP contribution < -0.4 is 31.1 Å². The molecule has 2 fully saturated rings. The van der Waals surface area contributed by atoms with Gasteiger partial charge in [0.1, 0.15) is 23.6 Å².